The van der Waals surface area contributed by atoms with Crippen molar-refractivity contribution < 1.29 is 19.7 Å². The number of benzene rings is 1. The lowest BCUT2D eigenvalue weighted by Gasteiger charge is -2.13. The number of carboxylic acid groups (broad SMARTS) is 1. The molecule has 0 radical (unpaired) electrons. The minimum Gasteiger partial charge on any atom is -0.494 e. The van der Waals surface area contributed by atoms with Crippen LogP contribution in [0.3, 0.4) is 0 Å². The minimum atomic E-state index is -0.935. The Labute approximate surface area is 117 Å². The lowest BCUT2D eigenvalue weighted by Crippen LogP contribution is -2.16. The summed E-state index contributed by atoms with van der Waals surface area (Å²) in [4.78, 5) is 10.7. The van der Waals surface area contributed by atoms with Crippen molar-refractivity contribution in [1.82, 2.24) is 0 Å². The molecule has 2 N–H and O–H groups in total. The predicted octanol–water partition coefficient (Wildman–Crippen LogP) is 2.66. The minimum absolute atomic E-state index is 0.231. The molecule has 1 aromatic rings. The van der Waals surface area contributed by atoms with Crippen LogP contribution in [0.2, 0.25) is 0 Å². The van der Waals surface area contributed by atoms with Crippen molar-refractivity contribution in [3.8, 4) is 5.75 Å². The van der Waals surface area contributed by atoms with Gasteiger partial charge in [-0.05, 0) is 43.4 Å². The summed E-state index contributed by atoms with van der Waals surface area (Å²) in [5, 5.41) is 18.3. The summed E-state index contributed by atoms with van der Waals surface area (Å²) in [7, 11) is 0. The zero-order valence-corrected chi connectivity index (χ0v) is 12.0. The Morgan fingerprint density at radius 1 is 1.32 bits per heavy atom. The maximum atomic E-state index is 10.7. The van der Waals surface area contributed by atoms with Gasteiger partial charge in [0.25, 0.3) is 0 Å². The SMILES string of the molecule is CC(O)C(C)SCCCOc1ccc(C(=O)O)cc1. The zero-order valence-electron chi connectivity index (χ0n) is 11.2. The third-order valence-electron chi connectivity index (χ3n) is 2.72. The van der Waals surface area contributed by atoms with Gasteiger partial charge in [-0.2, -0.15) is 11.8 Å². The van der Waals surface area contributed by atoms with E-state index in [0.29, 0.717) is 12.4 Å². The van der Waals surface area contributed by atoms with Gasteiger partial charge in [0.05, 0.1) is 18.3 Å². The summed E-state index contributed by atoms with van der Waals surface area (Å²) in [6.45, 7) is 4.38. The van der Waals surface area contributed by atoms with Gasteiger partial charge < -0.3 is 14.9 Å². The Morgan fingerprint density at radius 2 is 1.95 bits per heavy atom. The monoisotopic (exact) mass is 284 g/mol. The molecule has 0 saturated heterocycles. The van der Waals surface area contributed by atoms with Gasteiger partial charge in [0.2, 0.25) is 0 Å². The van der Waals surface area contributed by atoms with Gasteiger partial charge in [-0.1, -0.05) is 6.92 Å². The van der Waals surface area contributed by atoms with Crippen molar-refractivity contribution in [2.24, 2.45) is 0 Å². The third kappa shape index (κ3) is 5.98. The van der Waals surface area contributed by atoms with Crippen LogP contribution in [0.5, 0.6) is 5.75 Å². The van der Waals surface area contributed by atoms with Crippen molar-refractivity contribution in [3.05, 3.63) is 29.8 Å². The number of hydrogen-bond acceptors (Lipinski definition) is 4. The Kier molecular flexibility index (Phi) is 6.73. The maximum Gasteiger partial charge on any atom is 0.335 e. The highest BCUT2D eigenvalue weighted by Gasteiger charge is 2.08. The van der Waals surface area contributed by atoms with Gasteiger partial charge in [0.1, 0.15) is 5.75 Å². The number of ether oxygens (including phenoxy) is 1. The normalized spacial score (nSPS) is 13.8. The van der Waals surface area contributed by atoms with E-state index in [1.807, 2.05) is 6.92 Å². The molecule has 0 bridgehead atoms. The molecule has 0 amide bonds. The lowest BCUT2D eigenvalue weighted by atomic mass is 10.2. The lowest BCUT2D eigenvalue weighted by molar-refractivity contribution is 0.0697. The first-order valence-corrected chi connectivity index (χ1v) is 7.31. The fraction of sp³-hybridized carbons (Fsp3) is 0.500. The van der Waals surface area contributed by atoms with Gasteiger partial charge in [-0.25, -0.2) is 4.79 Å². The Bertz CT molecular complexity index is 389. The van der Waals surface area contributed by atoms with Crippen LogP contribution < -0.4 is 4.74 Å². The maximum absolute atomic E-state index is 10.7. The van der Waals surface area contributed by atoms with Crippen molar-refractivity contribution in [2.45, 2.75) is 31.6 Å². The van der Waals surface area contributed by atoms with Crippen LogP contribution in [0, 0.1) is 0 Å². The zero-order chi connectivity index (χ0) is 14.3. The fourth-order valence-electron chi connectivity index (χ4n) is 1.35. The Hall–Kier alpha value is -1.20. The van der Waals surface area contributed by atoms with E-state index in [9.17, 15) is 9.90 Å². The highest BCUT2D eigenvalue weighted by molar-refractivity contribution is 7.99. The summed E-state index contributed by atoms with van der Waals surface area (Å²) in [5.41, 5.74) is 0.258. The fourth-order valence-corrected chi connectivity index (χ4v) is 2.29. The van der Waals surface area contributed by atoms with Gasteiger partial charge in [0.15, 0.2) is 0 Å². The molecule has 0 fully saturated rings. The molecule has 106 valence electrons. The molecule has 0 saturated carbocycles. The molecule has 0 aromatic heterocycles. The van der Waals surface area contributed by atoms with Crippen LogP contribution in [-0.2, 0) is 0 Å². The van der Waals surface area contributed by atoms with E-state index < -0.39 is 5.97 Å². The second-order valence-corrected chi connectivity index (χ2v) is 5.83. The Morgan fingerprint density at radius 3 is 2.47 bits per heavy atom. The molecule has 5 heteroatoms. The first-order valence-electron chi connectivity index (χ1n) is 6.26. The molecule has 1 aromatic carbocycles. The van der Waals surface area contributed by atoms with Crippen molar-refractivity contribution in [1.29, 1.82) is 0 Å². The second kappa shape index (κ2) is 8.07. The first kappa shape index (κ1) is 15.9. The molecular formula is C14H20O4S. The smallest absolute Gasteiger partial charge is 0.335 e. The van der Waals surface area contributed by atoms with Crippen LogP contribution in [0.1, 0.15) is 30.6 Å². The first-order chi connectivity index (χ1) is 9.00. The van der Waals surface area contributed by atoms with Crippen molar-refractivity contribution in [2.75, 3.05) is 12.4 Å². The number of hydrogen-bond donors (Lipinski definition) is 2. The summed E-state index contributed by atoms with van der Waals surface area (Å²) >= 11 is 1.72. The number of aromatic carboxylic acids is 1. The van der Waals surface area contributed by atoms with Crippen molar-refractivity contribution >= 4 is 17.7 Å². The number of rotatable bonds is 8. The molecule has 0 aliphatic heterocycles. The van der Waals surface area contributed by atoms with E-state index in [4.69, 9.17) is 9.84 Å². The highest BCUT2D eigenvalue weighted by Crippen LogP contribution is 2.16. The summed E-state index contributed by atoms with van der Waals surface area (Å²) in [5.74, 6) is 0.674. The number of carbonyl (C=O) groups is 1. The molecule has 0 aliphatic carbocycles. The molecule has 2 atom stereocenters. The molecule has 4 nitrogen and oxygen atoms in total. The van der Waals surface area contributed by atoms with E-state index in [1.54, 1.807) is 30.8 Å². The largest absolute Gasteiger partial charge is 0.494 e. The van der Waals surface area contributed by atoms with E-state index >= 15 is 0 Å². The molecular weight excluding hydrogens is 264 g/mol. The van der Waals surface area contributed by atoms with Crippen LogP contribution in [-0.4, -0.2) is 39.9 Å². The van der Waals surface area contributed by atoms with E-state index in [-0.39, 0.29) is 16.9 Å². The summed E-state index contributed by atoms with van der Waals surface area (Å²) in [6, 6.07) is 6.38. The molecule has 0 heterocycles. The number of carboxylic acids is 1. The van der Waals surface area contributed by atoms with Crippen LogP contribution >= 0.6 is 11.8 Å². The van der Waals surface area contributed by atoms with E-state index in [0.717, 1.165) is 12.2 Å². The van der Waals surface area contributed by atoms with Gasteiger partial charge >= 0.3 is 5.97 Å². The molecule has 2 unspecified atom stereocenters. The summed E-state index contributed by atoms with van der Waals surface area (Å²) in [6.07, 6.45) is 0.595. The second-order valence-electron chi connectivity index (χ2n) is 4.35. The highest BCUT2D eigenvalue weighted by atomic mass is 32.2. The topological polar surface area (TPSA) is 66.8 Å². The van der Waals surface area contributed by atoms with Crippen molar-refractivity contribution in [3.63, 3.8) is 0 Å². The average Bonchev–Trinajstić information content (AvgIpc) is 2.38. The molecule has 19 heavy (non-hydrogen) atoms. The third-order valence-corrected chi connectivity index (χ3v) is 4.16. The Balaban J connectivity index is 2.21. The number of aliphatic hydroxyl groups is 1. The van der Waals surface area contributed by atoms with Gasteiger partial charge in [0, 0.05) is 5.25 Å². The quantitative estimate of drug-likeness (QED) is 0.718. The van der Waals surface area contributed by atoms with Crippen LogP contribution in [0.4, 0.5) is 0 Å². The summed E-state index contributed by atoms with van der Waals surface area (Å²) < 4.78 is 5.51. The van der Waals surface area contributed by atoms with Crippen LogP contribution in [0.15, 0.2) is 24.3 Å². The standard InChI is InChI=1S/C14H20O4S/c1-10(15)11(2)19-9-3-8-18-13-6-4-12(5-7-13)14(16)17/h4-7,10-11,15H,3,8-9H2,1-2H3,(H,16,17). The number of aliphatic hydroxyl groups excluding tert-OH is 1. The van der Waals surface area contributed by atoms with Gasteiger partial charge in [-0.15, -0.1) is 0 Å². The van der Waals surface area contributed by atoms with Crippen LogP contribution in [0.25, 0.3) is 0 Å². The number of thioether (sulfide) groups is 1. The van der Waals surface area contributed by atoms with E-state index in [2.05, 4.69) is 0 Å². The van der Waals surface area contributed by atoms with Gasteiger partial charge in [-0.3, -0.25) is 0 Å². The molecule has 1 rings (SSSR count). The molecule has 0 spiro atoms. The molecule has 0 aliphatic rings. The van der Waals surface area contributed by atoms with E-state index in [1.165, 1.54) is 12.1 Å². The average molecular weight is 284 g/mol. The predicted molar refractivity (Wildman–Crippen MR) is 77.1 cm³/mol.